The lowest BCUT2D eigenvalue weighted by Gasteiger charge is -2.16. The number of hydrogen-bond donors (Lipinski definition) is 4. The van der Waals surface area contributed by atoms with Gasteiger partial charge in [-0.1, -0.05) is 15.9 Å². The Hall–Kier alpha value is -1.81. The van der Waals surface area contributed by atoms with Crippen molar-refractivity contribution in [2.75, 3.05) is 11.9 Å². The third-order valence-corrected chi connectivity index (χ3v) is 2.81. The number of rotatable bonds is 4. The maximum Gasteiger partial charge on any atom is 0.418 e. The van der Waals surface area contributed by atoms with Gasteiger partial charge in [0.15, 0.2) is 6.04 Å². The number of aliphatic carboxylic acids is 1. The Morgan fingerprint density at radius 1 is 1.33 bits per heavy atom. The second-order valence-electron chi connectivity index (χ2n) is 3.86. The van der Waals surface area contributed by atoms with E-state index in [1.807, 2.05) is 10.6 Å². The van der Waals surface area contributed by atoms with E-state index in [9.17, 15) is 22.8 Å². The standard InChI is InChI=1S/C11H10BrF3N2O4/c12-5-1-2-7(6(3-5)11(13,14)15)16-10(21)17-8(4-18)9(19)20/h1-3,8,18H,4H2,(H,19,20)(H2,16,17,21). The first-order chi connectivity index (χ1) is 9.65. The van der Waals surface area contributed by atoms with Crippen LogP contribution >= 0.6 is 15.9 Å². The molecule has 1 rings (SSSR count). The maximum absolute atomic E-state index is 12.8. The van der Waals surface area contributed by atoms with Gasteiger partial charge in [-0.25, -0.2) is 9.59 Å². The molecule has 0 aromatic heterocycles. The Bertz CT molecular complexity index is 551. The number of urea groups is 1. The maximum atomic E-state index is 12.8. The molecule has 1 aromatic carbocycles. The highest BCUT2D eigenvalue weighted by atomic mass is 79.9. The summed E-state index contributed by atoms with van der Waals surface area (Å²) in [7, 11) is 0. The molecule has 0 aliphatic carbocycles. The quantitative estimate of drug-likeness (QED) is 0.651. The van der Waals surface area contributed by atoms with Gasteiger partial charge in [-0.2, -0.15) is 13.2 Å². The van der Waals surface area contributed by atoms with Gasteiger partial charge in [0.1, 0.15) is 0 Å². The van der Waals surface area contributed by atoms with Crippen LogP contribution in [0.2, 0.25) is 0 Å². The number of carbonyl (C=O) groups excluding carboxylic acids is 1. The molecular weight excluding hydrogens is 361 g/mol. The van der Waals surface area contributed by atoms with E-state index in [1.165, 1.54) is 6.07 Å². The summed E-state index contributed by atoms with van der Waals surface area (Å²) >= 11 is 2.89. The van der Waals surface area contributed by atoms with E-state index in [0.717, 1.165) is 12.1 Å². The number of carboxylic acids is 1. The van der Waals surface area contributed by atoms with Crippen LogP contribution in [0.1, 0.15) is 5.56 Å². The van der Waals surface area contributed by atoms with Gasteiger partial charge < -0.3 is 20.8 Å². The highest BCUT2D eigenvalue weighted by Gasteiger charge is 2.34. The molecule has 6 nitrogen and oxygen atoms in total. The molecule has 10 heteroatoms. The number of nitrogens with one attached hydrogen (secondary N) is 2. The summed E-state index contributed by atoms with van der Waals surface area (Å²) in [5.41, 5.74) is -1.63. The molecule has 0 aliphatic heterocycles. The predicted octanol–water partition coefficient (Wildman–Crippen LogP) is 2.03. The van der Waals surface area contributed by atoms with E-state index in [4.69, 9.17) is 10.2 Å². The van der Waals surface area contributed by atoms with Crippen LogP contribution in [0.4, 0.5) is 23.7 Å². The number of carboxylic acid groups (broad SMARTS) is 1. The van der Waals surface area contributed by atoms with E-state index in [-0.39, 0.29) is 4.47 Å². The van der Waals surface area contributed by atoms with Crippen LogP contribution in [-0.2, 0) is 11.0 Å². The van der Waals surface area contributed by atoms with Crippen LogP contribution in [0.5, 0.6) is 0 Å². The largest absolute Gasteiger partial charge is 0.480 e. The van der Waals surface area contributed by atoms with Crippen LogP contribution in [0, 0.1) is 0 Å². The normalized spacial score (nSPS) is 12.6. The summed E-state index contributed by atoms with van der Waals surface area (Å²) in [6.45, 7) is -0.894. The van der Waals surface area contributed by atoms with E-state index in [2.05, 4.69) is 15.9 Å². The van der Waals surface area contributed by atoms with Gasteiger partial charge in [0, 0.05) is 4.47 Å². The van der Waals surface area contributed by atoms with Gasteiger partial charge in [0.25, 0.3) is 0 Å². The molecule has 0 fully saturated rings. The number of aliphatic hydroxyl groups is 1. The van der Waals surface area contributed by atoms with Crippen molar-refractivity contribution < 1.29 is 33.0 Å². The first-order valence-electron chi connectivity index (χ1n) is 5.43. The monoisotopic (exact) mass is 370 g/mol. The summed E-state index contributed by atoms with van der Waals surface area (Å²) in [4.78, 5) is 22.1. The average molecular weight is 371 g/mol. The zero-order valence-electron chi connectivity index (χ0n) is 10.2. The Labute approximate surface area is 125 Å². The van der Waals surface area contributed by atoms with Crippen LogP contribution in [0.3, 0.4) is 0 Å². The van der Waals surface area contributed by atoms with Crippen molar-refractivity contribution in [1.82, 2.24) is 5.32 Å². The van der Waals surface area contributed by atoms with Gasteiger partial charge in [0.05, 0.1) is 17.9 Å². The Morgan fingerprint density at radius 2 is 1.95 bits per heavy atom. The number of amides is 2. The smallest absolute Gasteiger partial charge is 0.418 e. The van der Waals surface area contributed by atoms with Crippen molar-refractivity contribution >= 4 is 33.6 Å². The van der Waals surface area contributed by atoms with Crippen molar-refractivity contribution in [2.45, 2.75) is 12.2 Å². The van der Waals surface area contributed by atoms with E-state index in [1.54, 1.807) is 0 Å². The van der Waals surface area contributed by atoms with Crippen LogP contribution in [0.25, 0.3) is 0 Å². The van der Waals surface area contributed by atoms with Gasteiger partial charge >= 0.3 is 18.2 Å². The van der Waals surface area contributed by atoms with Gasteiger partial charge in [0.2, 0.25) is 0 Å². The van der Waals surface area contributed by atoms with Crippen molar-refractivity contribution in [3.63, 3.8) is 0 Å². The van der Waals surface area contributed by atoms with Crippen molar-refractivity contribution in [3.05, 3.63) is 28.2 Å². The molecule has 0 spiro atoms. The van der Waals surface area contributed by atoms with Crippen molar-refractivity contribution in [1.29, 1.82) is 0 Å². The third kappa shape index (κ3) is 4.90. The fraction of sp³-hybridized carbons (Fsp3) is 0.273. The minimum atomic E-state index is -4.70. The lowest BCUT2D eigenvalue weighted by Crippen LogP contribution is -2.45. The molecule has 1 aromatic rings. The number of aliphatic hydroxyl groups excluding tert-OH is 1. The molecule has 21 heavy (non-hydrogen) atoms. The molecular formula is C11H10BrF3N2O4. The molecule has 4 N–H and O–H groups in total. The van der Waals surface area contributed by atoms with Gasteiger partial charge in [-0.15, -0.1) is 0 Å². The van der Waals surface area contributed by atoms with Gasteiger partial charge in [-0.05, 0) is 18.2 Å². The molecule has 0 heterocycles. The molecule has 116 valence electrons. The lowest BCUT2D eigenvalue weighted by atomic mass is 10.1. The zero-order valence-corrected chi connectivity index (χ0v) is 11.8. The summed E-state index contributed by atoms with van der Waals surface area (Å²) < 4.78 is 38.6. The number of halogens is 4. The minimum absolute atomic E-state index is 0.166. The summed E-state index contributed by atoms with van der Waals surface area (Å²) in [5, 5.41) is 21.1. The SMILES string of the molecule is O=C(Nc1ccc(Br)cc1C(F)(F)F)NC(CO)C(=O)O. The minimum Gasteiger partial charge on any atom is -0.480 e. The van der Waals surface area contributed by atoms with Crippen LogP contribution in [0.15, 0.2) is 22.7 Å². The Kier molecular flexibility index (Phi) is 5.55. The summed E-state index contributed by atoms with van der Waals surface area (Å²) in [6, 6.07) is 0.280. The van der Waals surface area contributed by atoms with Crippen molar-refractivity contribution in [3.8, 4) is 0 Å². The molecule has 0 saturated heterocycles. The zero-order chi connectivity index (χ0) is 16.2. The number of hydrogen-bond acceptors (Lipinski definition) is 3. The molecule has 2 amide bonds. The summed E-state index contributed by atoms with van der Waals surface area (Å²) in [5.74, 6) is -1.51. The molecule has 0 bridgehead atoms. The van der Waals surface area contributed by atoms with Crippen LogP contribution < -0.4 is 10.6 Å². The van der Waals surface area contributed by atoms with E-state index < -0.39 is 42.1 Å². The topological polar surface area (TPSA) is 98.7 Å². The molecule has 1 atom stereocenters. The molecule has 0 saturated carbocycles. The van der Waals surface area contributed by atoms with E-state index in [0.29, 0.717) is 0 Å². The number of alkyl halides is 3. The first kappa shape index (κ1) is 17.2. The Balaban J connectivity index is 2.93. The average Bonchev–Trinajstić information content (AvgIpc) is 2.36. The summed E-state index contributed by atoms with van der Waals surface area (Å²) in [6.07, 6.45) is -4.70. The fourth-order valence-electron chi connectivity index (χ4n) is 1.36. The van der Waals surface area contributed by atoms with Crippen LogP contribution in [-0.4, -0.2) is 34.9 Å². The third-order valence-electron chi connectivity index (χ3n) is 2.32. The molecule has 0 aliphatic rings. The van der Waals surface area contributed by atoms with Crippen molar-refractivity contribution in [2.24, 2.45) is 0 Å². The first-order valence-corrected chi connectivity index (χ1v) is 6.22. The number of benzene rings is 1. The number of anilines is 1. The molecule has 0 radical (unpaired) electrons. The molecule has 1 unspecified atom stereocenters. The fourth-order valence-corrected chi connectivity index (χ4v) is 1.72. The highest BCUT2D eigenvalue weighted by molar-refractivity contribution is 9.10. The predicted molar refractivity (Wildman–Crippen MR) is 69.8 cm³/mol. The lowest BCUT2D eigenvalue weighted by molar-refractivity contribution is -0.140. The second-order valence-corrected chi connectivity index (χ2v) is 4.78. The number of carbonyl (C=O) groups is 2. The van der Waals surface area contributed by atoms with Gasteiger partial charge in [-0.3, -0.25) is 0 Å². The second kappa shape index (κ2) is 6.76. The van der Waals surface area contributed by atoms with E-state index >= 15 is 0 Å². The Morgan fingerprint density at radius 3 is 2.43 bits per heavy atom. The highest BCUT2D eigenvalue weighted by Crippen LogP contribution is 2.36.